The Labute approximate surface area is 105 Å². The van der Waals surface area contributed by atoms with Gasteiger partial charge in [0.2, 0.25) is 0 Å². The minimum atomic E-state index is 0.0357. The van der Waals surface area contributed by atoms with Crippen LogP contribution < -0.4 is 5.32 Å². The predicted molar refractivity (Wildman–Crippen MR) is 69.4 cm³/mol. The molecule has 1 N–H and O–H groups in total. The van der Waals surface area contributed by atoms with Crippen LogP contribution in [0.1, 0.15) is 5.69 Å². The molecule has 0 radical (unpaired) electrons. The van der Waals surface area contributed by atoms with Crippen molar-refractivity contribution in [2.75, 3.05) is 5.32 Å². The summed E-state index contributed by atoms with van der Waals surface area (Å²) in [6, 6.07) is 13.2. The number of anilines is 1. The van der Waals surface area contributed by atoms with Gasteiger partial charge in [0.05, 0.1) is 5.52 Å². The molecular weight excluding hydrogens is 224 g/mol. The van der Waals surface area contributed by atoms with E-state index in [1.165, 1.54) is 6.20 Å². The Balaban J connectivity index is 2.49. The topological polar surface area (TPSA) is 72.5 Å². The molecular formula is C14H10N4. The lowest BCUT2D eigenvalue weighted by atomic mass is 10.1. The number of hydrogen-bond donors (Lipinski definition) is 1. The fourth-order valence-corrected chi connectivity index (χ4v) is 1.67. The lowest BCUT2D eigenvalue weighted by Gasteiger charge is -2.07. The standard InChI is InChI=1S/C14H10N4/c1-10-6-14(17-9-11(7-15)8-16)12-4-2-3-5-13(12)18-10/h2-6,9H,1H3,(H,17,18). The van der Waals surface area contributed by atoms with E-state index in [1.807, 2.05) is 37.3 Å². The monoisotopic (exact) mass is 234 g/mol. The zero-order valence-electron chi connectivity index (χ0n) is 9.81. The van der Waals surface area contributed by atoms with Gasteiger partial charge in [0.15, 0.2) is 0 Å². The van der Waals surface area contributed by atoms with E-state index in [0.717, 1.165) is 22.3 Å². The van der Waals surface area contributed by atoms with Gasteiger partial charge in [-0.25, -0.2) is 0 Å². The van der Waals surface area contributed by atoms with Gasteiger partial charge >= 0.3 is 0 Å². The highest BCUT2D eigenvalue weighted by Gasteiger charge is 2.02. The van der Waals surface area contributed by atoms with E-state index in [1.54, 1.807) is 12.1 Å². The molecule has 0 saturated heterocycles. The summed E-state index contributed by atoms with van der Waals surface area (Å²) in [6.45, 7) is 1.90. The first-order valence-corrected chi connectivity index (χ1v) is 5.38. The van der Waals surface area contributed by atoms with Crippen molar-refractivity contribution in [2.45, 2.75) is 6.92 Å². The summed E-state index contributed by atoms with van der Waals surface area (Å²) >= 11 is 0. The van der Waals surface area contributed by atoms with E-state index in [-0.39, 0.29) is 5.57 Å². The van der Waals surface area contributed by atoms with Crippen LogP contribution in [0.4, 0.5) is 5.69 Å². The van der Waals surface area contributed by atoms with Gasteiger partial charge in [0, 0.05) is 23.0 Å². The largest absolute Gasteiger partial charge is 0.359 e. The maximum atomic E-state index is 8.68. The summed E-state index contributed by atoms with van der Waals surface area (Å²) in [7, 11) is 0. The third-order valence-corrected chi connectivity index (χ3v) is 2.46. The van der Waals surface area contributed by atoms with Crippen LogP contribution in [-0.4, -0.2) is 4.98 Å². The zero-order valence-corrected chi connectivity index (χ0v) is 9.81. The van der Waals surface area contributed by atoms with Crippen LogP contribution in [0, 0.1) is 29.6 Å². The van der Waals surface area contributed by atoms with Crippen LogP contribution in [0.15, 0.2) is 42.1 Å². The molecule has 86 valence electrons. The number of rotatable bonds is 2. The maximum absolute atomic E-state index is 8.68. The van der Waals surface area contributed by atoms with Crippen LogP contribution in [0.25, 0.3) is 10.9 Å². The van der Waals surface area contributed by atoms with Gasteiger partial charge in [-0.3, -0.25) is 4.98 Å². The van der Waals surface area contributed by atoms with E-state index >= 15 is 0 Å². The number of para-hydroxylation sites is 1. The molecule has 4 heteroatoms. The van der Waals surface area contributed by atoms with Gasteiger partial charge in [-0.05, 0) is 19.1 Å². The van der Waals surface area contributed by atoms with Crippen LogP contribution in [-0.2, 0) is 0 Å². The van der Waals surface area contributed by atoms with Crippen molar-refractivity contribution in [3.63, 3.8) is 0 Å². The number of nitrogens with one attached hydrogen (secondary N) is 1. The van der Waals surface area contributed by atoms with Crippen LogP contribution in [0.3, 0.4) is 0 Å². The lowest BCUT2D eigenvalue weighted by molar-refractivity contribution is 1.25. The molecule has 0 aliphatic rings. The molecule has 2 rings (SSSR count). The average Bonchev–Trinajstić information content (AvgIpc) is 2.39. The molecule has 0 saturated carbocycles. The summed E-state index contributed by atoms with van der Waals surface area (Å²) in [5, 5.41) is 21.3. The summed E-state index contributed by atoms with van der Waals surface area (Å²) in [4.78, 5) is 4.41. The van der Waals surface area contributed by atoms with Crippen molar-refractivity contribution in [3.8, 4) is 12.1 Å². The number of hydrogen-bond acceptors (Lipinski definition) is 4. The summed E-state index contributed by atoms with van der Waals surface area (Å²) in [6.07, 6.45) is 1.40. The molecule has 1 aromatic heterocycles. The Kier molecular flexibility index (Phi) is 3.22. The molecule has 0 unspecified atom stereocenters. The minimum absolute atomic E-state index is 0.0357. The Hall–Kier alpha value is -2.85. The number of benzene rings is 1. The van der Waals surface area contributed by atoms with Gasteiger partial charge in [-0.1, -0.05) is 18.2 Å². The fourth-order valence-electron chi connectivity index (χ4n) is 1.67. The zero-order chi connectivity index (χ0) is 13.0. The number of nitriles is 2. The normalized spacial score (nSPS) is 9.28. The van der Waals surface area contributed by atoms with E-state index in [9.17, 15) is 0 Å². The second-order valence-corrected chi connectivity index (χ2v) is 3.75. The third kappa shape index (κ3) is 2.28. The molecule has 18 heavy (non-hydrogen) atoms. The van der Waals surface area contributed by atoms with Crippen molar-refractivity contribution in [3.05, 3.63) is 47.8 Å². The molecule has 0 bridgehead atoms. The summed E-state index contributed by atoms with van der Waals surface area (Å²) < 4.78 is 0. The Morgan fingerprint density at radius 1 is 1.28 bits per heavy atom. The molecule has 4 nitrogen and oxygen atoms in total. The van der Waals surface area contributed by atoms with Crippen molar-refractivity contribution < 1.29 is 0 Å². The van der Waals surface area contributed by atoms with Crippen molar-refractivity contribution in [1.29, 1.82) is 10.5 Å². The van der Waals surface area contributed by atoms with Crippen molar-refractivity contribution in [2.24, 2.45) is 0 Å². The quantitative estimate of drug-likeness (QED) is 0.811. The third-order valence-electron chi connectivity index (χ3n) is 2.46. The molecule has 0 aliphatic carbocycles. The highest BCUT2D eigenvalue weighted by molar-refractivity contribution is 5.91. The molecule has 0 aliphatic heterocycles. The number of nitrogens with zero attached hydrogens (tertiary/aromatic N) is 3. The molecule has 1 heterocycles. The van der Waals surface area contributed by atoms with Gasteiger partial charge in [-0.15, -0.1) is 0 Å². The Bertz CT molecular complexity index is 686. The van der Waals surface area contributed by atoms with Gasteiger partial charge in [0.1, 0.15) is 17.7 Å². The van der Waals surface area contributed by atoms with Crippen molar-refractivity contribution >= 4 is 16.6 Å². The number of aryl methyl sites for hydroxylation is 1. The molecule has 2 aromatic rings. The fraction of sp³-hybridized carbons (Fsp3) is 0.0714. The number of fused-ring (bicyclic) bond motifs is 1. The Morgan fingerprint density at radius 2 is 2.00 bits per heavy atom. The second kappa shape index (κ2) is 4.99. The predicted octanol–water partition coefficient (Wildman–Crippen LogP) is 2.89. The highest BCUT2D eigenvalue weighted by Crippen LogP contribution is 2.22. The van der Waals surface area contributed by atoms with Gasteiger partial charge < -0.3 is 5.32 Å². The minimum Gasteiger partial charge on any atom is -0.359 e. The molecule has 0 atom stereocenters. The number of pyridine rings is 1. The smallest absolute Gasteiger partial charge is 0.145 e. The average molecular weight is 234 g/mol. The Morgan fingerprint density at radius 3 is 2.72 bits per heavy atom. The van der Waals surface area contributed by atoms with Crippen LogP contribution in [0.2, 0.25) is 0 Å². The summed E-state index contributed by atoms with van der Waals surface area (Å²) in [5.41, 5.74) is 2.62. The van der Waals surface area contributed by atoms with E-state index in [4.69, 9.17) is 10.5 Å². The number of aromatic nitrogens is 1. The van der Waals surface area contributed by atoms with Crippen LogP contribution >= 0.6 is 0 Å². The first kappa shape index (κ1) is 11.6. The SMILES string of the molecule is Cc1cc(NC=C(C#N)C#N)c2ccccc2n1. The number of allylic oxidation sites excluding steroid dienone is 1. The molecule has 0 spiro atoms. The maximum Gasteiger partial charge on any atom is 0.145 e. The van der Waals surface area contributed by atoms with Crippen LogP contribution in [0.5, 0.6) is 0 Å². The summed E-state index contributed by atoms with van der Waals surface area (Å²) in [5.74, 6) is 0. The van der Waals surface area contributed by atoms with Crippen molar-refractivity contribution in [1.82, 2.24) is 4.98 Å². The van der Waals surface area contributed by atoms with E-state index in [0.29, 0.717) is 0 Å². The lowest BCUT2D eigenvalue weighted by Crippen LogP contribution is -1.94. The first-order valence-electron chi connectivity index (χ1n) is 5.38. The second-order valence-electron chi connectivity index (χ2n) is 3.75. The molecule has 0 fully saturated rings. The highest BCUT2D eigenvalue weighted by atomic mass is 14.9. The van der Waals surface area contributed by atoms with E-state index in [2.05, 4.69) is 10.3 Å². The molecule has 0 amide bonds. The molecule has 1 aromatic carbocycles. The van der Waals surface area contributed by atoms with E-state index < -0.39 is 0 Å². The van der Waals surface area contributed by atoms with Gasteiger partial charge in [0.25, 0.3) is 0 Å². The first-order chi connectivity index (χ1) is 8.74. The van der Waals surface area contributed by atoms with Gasteiger partial charge in [-0.2, -0.15) is 10.5 Å².